The zero-order valence-corrected chi connectivity index (χ0v) is 10.3. The zero-order valence-electron chi connectivity index (χ0n) is 8.74. The number of alkyl halides is 1. The second kappa shape index (κ2) is 6.13. The van der Waals surface area contributed by atoms with Crippen molar-refractivity contribution >= 4 is 27.5 Å². The first-order chi connectivity index (χ1) is 7.63. The normalized spacial score (nSPS) is 11.3. The van der Waals surface area contributed by atoms with Crippen molar-refractivity contribution in [3.05, 3.63) is 24.3 Å². The van der Waals surface area contributed by atoms with Crippen LogP contribution in [0.25, 0.3) is 0 Å². The number of nitriles is 1. The summed E-state index contributed by atoms with van der Waals surface area (Å²) in [6.45, 7) is 1.77. The predicted molar refractivity (Wildman–Crippen MR) is 64.6 cm³/mol. The Morgan fingerprint density at radius 2 is 2.19 bits per heavy atom. The van der Waals surface area contributed by atoms with E-state index in [1.54, 1.807) is 31.2 Å². The highest BCUT2D eigenvalue weighted by Crippen LogP contribution is 2.16. The van der Waals surface area contributed by atoms with Crippen LogP contribution in [0.5, 0.6) is 5.75 Å². The van der Waals surface area contributed by atoms with Crippen molar-refractivity contribution in [1.82, 2.24) is 0 Å². The Labute approximate surface area is 102 Å². The molecule has 0 aliphatic carbocycles. The van der Waals surface area contributed by atoms with Crippen molar-refractivity contribution in [1.29, 1.82) is 5.26 Å². The summed E-state index contributed by atoms with van der Waals surface area (Å²) in [5.41, 5.74) is 0.695. The van der Waals surface area contributed by atoms with Gasteiger partial charge in [-0.15, -0.1) is 0 Å². The van der Waals surface area contributed by atoms with E-state index in [0.29, 0.717) is 11.4 Å². The van der Waals surface area contributed by atoms with Crippen molar-refractivity contribution < 1.29 is 9.53 Å². The number of benzene rings is 1. The van der Waals surface area contributed by atoms with Crippen LogP contribution in [0.4, 0.5) is 5.69 Å². The average molecular weight is 283 g/mol. The molecule has 1 amide bonds. The van der Waals surface area contributed by atoms with Gasteiger partial charge in [0.15, 0.2) is 6.61 Å². The minimum atomic E-state index is -0.234. The molecule has 0 fully saturated rings. The molecule has 0 heterocycles. The third-order valence-corrected chi connectivity index (χ3v) is 2.20. The van der Waals surface area contributed by atoms with Crippen LogP contribution < -0.4 is 10.1 Å². The molecule has 0 bridgehead atoms. The maximum Gasteiger partial charge on any atom is 0.237 e. The second-order valence-electron chi connectivity index (χ2n) is 3.08. The van der Waals surface area contributed by atoms with Gasteiger partial charge in [0.25, 0.3) is 0 Å². The quantitative estimate of drug-likeness (QED) is 0.862. The first-order valence-corrected chi connectivity index (χ1v) is 5.60. The van der Waals surface area contributed by atoms with Gasteiger partial charge in [-0.1, -0.05) is 15.9 Å². The smallest absolute Gasteiger partial charge is 0.237 e. The number of carbonyl (C=O) groups excluding carboxylic acids is 1. The lowest BCUT2D eigenvalue weighted by Gasteiger charge is -2.07. The topological polar surface area (TPSA) is 62.1 Å². The Balaban J connectivity index is 2.58. The summed E-state index contributed by atoms with van der Waals surface area (Å²) in [5.74, 6) is 0.497. The number of rotatable bonds is 4. The fraction of sp³-hybridized carbons (Fsp3) is 0.273. The first-order valence-electron chi connectivity index (χ1n) is 4.68. The monoisotopic (exact) mass is 282 g/mol. The van der Waals surface area contributed by atoms with Gasteiger partial charge in [-0.3, -0.25) is 4.79 Å². The SMILES string of the molecule is CC(Br)C(=O)Nc1ccc(OCC#N)cc1. The molecule has 1 aromatic carbocycles. The molecule has 5 heteroatoms. The minimum absolute atomic E-state index is 0.0180. The average Bonchev–Trinajstić information content (AvgIpc) is 2.28. The number of hydrogen-bond acceptors (Lipinski definition) is 3. The van der Waals surface area contributed by atoms with E-state index in [1.165, 1.54) is 0 Å². The van der Waals surface area contributed by atoms with Crippen molar-refractivity contribution in [3.63, 3.8) is 0 Å². The van der Waals surface area contributed by atoms with Crippen LogP contribution in [0, 0.1) is 11.3 Å². The fourth-order valence-corrected chi connectivity index (χ4v) is 1.11. The molecule has 1 atom stereocenters. The number of halogens is 1. The summed E-state index contributed by atoms with van der Waals surface area (Å²) in [6, 6.07) is 8.72. The lowest BCUT2D eigenvalue weighted by atomic mass is 10.3. The van der Waals surface area contributed by atoms with E-state index in [2.05, 4.69) is 21.2 Å². The molecule has 1 unspecified atom stereocenters. The summed E-state index contributed by atoms with van der Waals surface area (Å²) in [5, 5.41) is 11.0. The number of anilines is 1. The van der Waals surface area contributed by atoms with Gasteiger partial charge in [0.2, 0.25) is 5.91 Å². The zero-order chi connectivity index (χ0) is 12.0. The van der Waals surface area contributed by atoms with Crippen molar-refractivity contribution in [2.24, 2.45) is 0 Å². The van der Waals surface area contributed by atoms with E-state index in [1.807, 2.05) is 6.07 Å². The number of amides is 1. The summed E-state index contributed by atoms with van der Waals surface area (Å²) in [4.78, 5) is 11.1. The molecular weight excluding hydrogens is 272 g/mol. The number of hydrogen-bond donors (Lipinski definition) is 1. The summed E-state index contributed by atoms with van der Waals surface area (Å²) < 4.78 is 5.08. The Kier molecular flexibility index (Phi) is 4.80. The maximum atomic E-state index is 11.3. The summed E-state index contributed by atoms with van der Waals surface area (Å²) >= 11 is 3.17. The van der Waals surface area contributed by atoms with Gasteiger partial charge in [0.1, 0.15) is 11.8 Å². The molecule has 1 aromatic rings. The summed E-state index contributed by atoms with van der Waals surface area (Å²) in [6.07, 6.45) is 0. The number of nitrogens with zero attached hydrogens (tertiary/aromatic N) is 1. The van der Waals surface area contributed by atoms with E-state index in [-0.39, 0.29) is 17.3 Å². The van der Waals surface area contributed by atoms with Gasteiger partial charge >= 0.3 is 0 Å². The van der Waals surface area contributed by atoms with Crippen molar-refractivity contribution in [2.75, 3.05) is 11.9 Å². The highest BCUT2D eigenvalue weighted by molar-refractivity contribution is 9.10. The molecule has 1 rings (SSSR count). The lowest BCUT2D eigenvalue weighted by Crippen LogP contribution is -2.19. The van der Waals surface area contributed by atoms with Gasteiger partial charge in [0.05, 0.1) is 4.83 Å². The Morgan fingerprint density at radius 3 is 2.69 bits per heavy atom. The molecular formula is C11H11BrN2O2. The number of ether oxygens (including phenoxy) is 1. The molecule has 0 aliphatic heterocycles. The fourth-order valence-electron chi connectivity index (χ4n) is 0.992. The van der Waals surface area contributed by atoms with E-state index < -0.39 is 0 Å². The van der Waals surface area contributed by atoms with Gasteiger partial charge in [-0.2, -0.15) is 5.26 Å². The number of nitrogens with one attached hydrogen (secondary N) is 1. The van der Waals surface area contributed by atoms with E-state index in [0.717, 1.165) is 0 Å². The number of carbonyl (C=O) groups is 1. The molecule has 16 heavy (non-hydrogen) atoms. The highest BCUT2D eigenvalue weighted by Gasteiger charge is 2.08. The van der Waals surface area contributed by atoms with E-state index in [4.69, 9.17) is 10.00 Å². The van der Waals surface area contributed by atoms with Gasteiger partial charge in [-0.05, 0) is 31.2 Å². The molecule has 0 spiro atoms. The van der Waals surface area contributed by atoms with Gasteiger partial charge in [-0.25, -0.2) is 0 Å². The van der Waals surface area contributed by atoms with Crippen LogP contribution >= 0.6 is 15.9 Å². The molecule has 0 saturated carbocycles. The van der Waals surface area contributed by atoms with Gasteiger partial charge < -0.3 is 10.1 Å². The predicted octanol–water partition coefficient (Wildman–Crippen LogP) is 2.31. The van der Waals surface area contributed by atoms with Crippen LogP contribution in [-0.4, -0.2) is 17.3 Å². The van der Waals surface area contributed by atoms with Crippen molar-refractivity contribution in [2.45, 2.75) is 11.8 Å². The lowest BCUT2D eigenvalue weighted by molar-refractivity contribution is -0.115. The Hall–Kier alpha value is -1.54. The third kappa shape index (κ3) is 3.91. The Morgan fingerprint density at radius 1 is 1.56 bits per heavy atom. The van der Waals surface area contributed by atoms with Crippen molar-refractivity contribution in [3.8, 4) is 11.8 Å². The first kappa shape index (κ1) is 12.5. The minimum Gasteiger partial charge on any atom is -0.479 e. The molecule has 1 N–H and O–H groups in total. The molecule has 0 aromatic heterocycles. The summed E-state index contributed by atoms with van der Waals surface area (Å²) in [7, 11) is 0. The van der Waals surface area contributed by atoms with Crippen LogP contribution in [0.15, 0.2) is 24.3 Å². The standard InChI is InChI=1S/C11H11BrN2O2/c1-8(12)11(15)14-9-2-4-10(5-3-9)16-7-6-13/h2-5,8H,7H2,1H3,(H,14,15). The van der Waals surface area contributed by atoms with Crippen LogP contribution in [0.3, 0.4) is 0 Å². The molecule has 0 radical (unpaired) electrons. The maximum absolute atomic E-state index is 11.3. The van der Waals surface area contributed by atoms with E-state index >= 15 is 0 Å². The molecule has 0 aliphatic rings. The molecule has 0 saturated heterocycles. The third-order valence-electron chi connectivity index (χ3n) is 1.79. The van der Waals surface area contributed by atoms with Crippen LogP contribution in [-0.2, 0) is 4.79 Å². The highest BCUT2D eigenvalue weighted by atomic mass is 79.9. The second-order valence-corrected chi connectivity index (χ2v) is 4.45. The van der Waals surface area contributed by atoms with Gasteiger partial charge in [0, 0.05) is 5.69 Å². The largest absolute Gasteiger partial charge is 0.479 e. The van der Waals surface area contributed by atoms with Crippen LogP contribution in [0.2, 0.25) is 0 Å². The van der Waals surface area contributed by atoms with Crippen LogP contribution in [0.1, 0.15) is 6.92 Å². The molecule has 84 valence electrons. The van der Waals surface area contributed by atoms with E-state index in [9.17, 15) is 4.79 Å². The molecule has 4 nitrogen and oxygen atoms in total. The Bertz CT molecular complexity index is 395.